The predicted octanol–water partition coefficient (Wildman–Crippen LogP) is 1.59. The van der Waals surface area contributed by atoms with Crippen molar-refractivity contribution in [2.45, 2.75) is 20.4 Å². The normalized spacial score (nSPS) is 10.4. The smallest absolute Gasteiger partial charge is 0.252 e. The molecule has 0 unspecified atom stereocenters. The van der Waals surface area contributed by atoms with Crippen molar-refractivity contribution in [2.75, 3.05) is 5.32 Å². The minimum absolute atomic E-state index is 0.161. The molecule has 0 spiro atoms. The van der Waals surface area contributed by atoms with E-state index in [1.807, 2.05) is 19.1 Å². The highest BCUT2D eigenvalue weighted by molar-refractivity contribution is 5.33. The standard InChI is InChI=1S/C11H13N3O2/c1-7-3-4-9(16-7)6-12-10-5-11(15)14-8(2)13-10/h3-5H,6H2,1-2H3,(H2,12,13,14,15). The van der Waals surface area contributed by atoms with E-state index in [1.54, 1.807) is 6.92 Å². The number of H-pyrrole nitrogens is 1. The lowest BCUT2D eigenvalue weighted by molar-refractivity contribution is 0.490. The Morgan fingerprint density at radius 1 is 1.44 bits per heavy atom. The van der Waals surface area contributed by atoms with E-state index in [0.717, 1.165) is 11.5 Å². The number of hydrogen-bond acceptors (Lipinski definition) is 4. The van der Waals surface area contributed by atoms with Crippen molar-refractivity contribution in [1.82, 2.24) is 9.97 Å². The lowest BCUT2D eigenvalue weighted by atomic mass is 10.4. The van der Waals surface area contributed by atoms with Crippen molar-refractivity contribution in [2.24, 2.45) is 0 Å². The summed E-state index contributed by atoms with van der Waals surface area (Å²) in [6.07, 6.45) is 0. The van der Waals surface area contributed by atoms with Crippen LogP contribution in [0.1, 0.15) is 17.3 Å². The largest absolute Gasteiger partial charge is 0.465 e. The average Bonchev–Trinajstić information content (AvgIpc) is 2.60. The average molecular weight is 219 g/mol. The number of anilines is 1. The Hall–Kier alpha value is -2.04. The Labute approximate surface area is 92.5 Å². The third-order valence-corrected chi connectivity index (χ3v) is 2.10. The van der Waals surface area contributed by atoms with Crippen LogP contribution in [-0.4, -0.2) is 9.97 Å². The molecule has 0 atom stereocenters. The summed E-state index contributed by atoms with van der Waals surface area (Å²) in [5, 5.41) is 3.03. The molecule has 2 rings (SSSR count). The van der Waals surface area contributed by atoms with E-state index in [2.05, 4.69) is 15.3 Å². The summed E-state index contributed by atoms with van der Waals surface area (Å²) >= 11 is 0. The predicted molar refractivity (Wildman–Crippen MR) is 60.4 cm³/mol. The van der Waals surface area contributed by atoms with Gasteiger partial charge < -0.3 is 14.7 Å². The van der Waals surface area contributed by atoms with Crippen LogP contribution in [-0.2, 0) is 6.54 Å². The first-order valence-corrected chi connectivity index (χ1v) is 5.00. The number of nitrogens with zero attached hydrogens (tertiary/aromatic N) is 1. The van der Waals surface area contributed by atoms with Gasteiger partial charge in [-0.1, -0.05) is 0 Å². The molecule has 2 aromatic heterocycles. The maximum absolute atomic E-state index is 11.2. The molecule has 0 fully saturated rings. The van der Waals surface area contributed by atoms with Crippen LogP contribution in [0.4, 0.5) is 5.82 Å². The molecule has 2 N–H and O–H groups in total. The molecule has 2 heterocycles. The molecule has 16 heavy (non-hydrogen) atoms. The van der Waals surface area contributed by atoms with Crippen LogP contribution >= 0.6 is 0 Å². The van der Waals surface area contributed by atoms with Crippen molar-refractivity contribution in [3.63, 3.8) is 0 Å². The summed E-state index contributed by atoms with van der Waals surface area (Å²) < 4.78 is 5.39. The third-order valence-electron chi connectivity index (χ3n) is 2.10. The molecular formula is C11H13N3O2. The highest BCUT2D eigenvalue weighted by Crippen LogP contribution is 2.08. The van der Waals surface area contributed by atoms with Crippen molar-refractivity contribution < 1.29 is 4.42 Å². The van der Waals surface area contributed by atoms with Gasteiger partial charge in [-0.3, -0.25) is 4.79 Å². The molecular weight excluding hydrogens is 206 g/mol. The van der Waals surface area contributed by atoms with E-state index >= 15 is 0 Å². The molecule has 5 heteroatoms. The summed E-state index contributed by atoms with van der Waals surface area (Å²) in [7, 11) is 0. The summed E-state index contributed by atoms with van der Waals surface area (Å²) in [5.74, 6) is 2.82. The monoisotopic (exact) mass is 219 g/mol. The maximum atomic E-state index is 11.2. The van der Waals surface area contributed by atoms with Gasteiger partial charge in [0.1, 0.15) is 23.2 Å². The fraction of sp³-hybridized carbons (Fsp3) is 0.273. The summed E-state index contributed by atoms with van der Waals surface area (Å²) in [6.45, 7) is 4.15. The van der Waals surface area contributed by atoms with Gasteiger partial charge in [0.2, 0.25) is 0 Å². The van der Waals surface area contributed by atoms with Gasteiger partial charge in [0.05, 0.1) is 6.54 Å². The van der Waals surface area contributed by atoms with Gasteiger partial charge in [0.25, 0.3) is 5.56 Å². The molecule has 0 amide bonds. The summed E-state index contributed by atoms with van der Waals surface area (Å²) in [5.41, 5.74) is -0.161. The Balaban J connectivity index is 2.07. The quantitative estimate of drug-likeness (QED) is 0.822. The van der Waals surface area contributed by atoms with Crippen molar-refractivity contribution >= 4 is 5.82 Å². The van der Waals surface area contributed by atoms with Gasteiger partial charge in [-0.15, -0.1) is 0 Å². The number of aryl methyl sites for hydroxylation is 2. The van der Waals surface area contributed by atoms with E-state index in [1.165, 1.54) is 6.07 Å². The fourth-order valence-corrected chi connectivity index (χ4v) is 1.43. The lowest BCUT2D eigenvalue weighted by Crippen LogP contribution is -2.11. The van der Waals surface area contributed by atoms with Crippen LogP contribution in [0.5, 0.6) is 0 Å². The first kappa shape index (κ1) is 10.5. The molecule has 0 saturated heterocycles. The van der Waals surface area contributed by atoms with Gasteiger partial charge >= 0.3 is 0 Å². The van der Waals surface area contributed by atoms with Crippen LogP contribution in [0.25, 0.3) is 0 Å². The fourth-order valence-electron chi connectivity index (χ4n) is 1.43. The molecule has 0 aliphatic heterocycles. The number of aromatic amines is 1. The van der Waals surface area contributed by atoms with E-state index in [-0.39, 0.29) is 5.56 Å². The van der Waals surface area contributed by atoms with Gasteiger partial charge in [0.15, 0.2) is 0 Å². The van der Waals surface area contributed by atoms with Crippen LogP contribution in [0, 0.1) is 13.8 Å². The zero-order valence-corrected chi connectivity index (χ0v) is 9.20. The van der Waals surface area contributed by atoms with Gasteiger partial charge in [0, 0.05) is 6.07 Å². The first-order valence-electron chi connectivity index (χ1n) is 5.00. The highest BCUT2D eigenvalue weighted by atomic mass is 16.3. The van der Waals surface area contributed by atoms with Crippen molar-refractivity contribution in [3.8, 4) is 0 Å². The van der Waals surface area contributed by atoms with E-state index < -0.39 is 0 Å². The minimum Gasteiger partial charge on any atom is -0.465 e. The van der Waals surface area contributed by atoms with Crippen molar-refractivity contribution in [1.29, 1.82) is 0 Å². The Morgan fingerprint density at radius 2 is 2.25 bits per heavy atom. The Bertz CT molecular complexity index is 542. The van der Waals surface area contributed by atoms with Gasteiger partial charge in [-0.05, 0) is 26.0 Å². The Morgan fingerprint density at radius 3 is 2.88 bits per heavy atom. The number of rotatable bonds is 3. The second kappa shape index (κ2) is 4.22. The van der Waals surface area contributed by atoms with Crippen LogP contribution in [0.2, 0.25) is 0 Å². The van der Waals surface area contributed by atoms with Crippen LogP contribution in [0.3, 0.4) is 0 Å². The molecule has 0 bridgehead atoms. The Kier molecular flexibility index (Phi) is 2.76. The second-order valence-electron chi connectivity index (χ2n) is 3.58. The van der Waals surface area contributed by atoms with E-state index in [0.29, 0.717) is 18.2 Å². The molecule has 0 radical (unpaired) electrons. The zero-order chi connectivity index (χ0) is 11.5. The van der Waals surface area contributed by atoms with Crippen LogP contribution in [0.15, 0.2) is 27.4 Å². The molecule has 0 aromatic carbocycles. The zero-order valence-electron chi connectivity index (χ0n) is 9.20. The summed E-state index contributed by atoms with van der Waals surface area (Å²) in [4.78, 5) is 17.9. The van der Waals surface area contributed by atoms with E-state index in [4.69, 9.17) is 4.42 Å². The van der Waals surface area contributed by atoms with Crippen molar-refractivity contribution in [3.05, 3.63) is 45.9 Å². The van der Waals surface area contributed by atoms with E-state index in [9.17, 15) is 4.79 Å². The topological polar surface area (TPSA) is 70.9 Å². The second-order valence-corrected chi connectivity index (χ2v) is 3.58. The number of hydrogen-bond donors (Lipinski definition) is 2. The molecule has 0 aliphatic carbocycles. The first-order chi connectivity index (χ1) is 7.63. The van der Waals surface area contributed by atoms with Gasteiger partial charge in [-0.2, -0.15) is 0 Å². The molecule has 0 aliphatic rings. The third kappa shape index (κ3) is 2.50. The maximum Gasteiger partial charge on any atom is 0.252 e. The lowest BCUT2D eigenvalue weighted by Gasteiger charge is -2.03. The minimum atomic E-state index is -0.161. The molecule has 2 aromatic rings. The number of nitrogens with one attached hydrogen (secondary N) is 2. The van der Waals surface area contributed by atoms with Crippen LogP contribution < -0.4 is 10.9 Å². The summed E-state index contributed by atoms with van der Waals surface area (Å²) in [6, 6.07) is 5.21. The SMILES string of the molecule is Cc1nc(NCc2ccc(C)o2)cc(=O)[nH]1. The highest BCUT2D eigenvalue weighted by Gasteiger charge is 2.00. The number of aromatic nitrogens is 2. The molecule has 0 saturated carbocycles. The molecule has 84 valence electrons. The van der Waals surface area contributed by atoms with Gasteiger partial charge in [-0.25, -0.2) is 4.98 Å². The molecule has 5 nitrogen and oxygen atoms in total. The number of furan rings is 1.